The van der Waals surface area contributed by atoms with Crippen molar-refractivity contribution in [3.8, 4) is 0 Å². The van der Waals surface area contributed by atoms with Crippen molar-refractivity contribution in [1.29, 1.82) is 0 Å². The second-order valence-electron chi connectivity index (χ2n) is 6.95. The first-order valence-corrected chi connectivity index (χ1v) is 10.6. The van der Waals surface area contributed by atoms with Crippen LogP contribution < -0.4 is 0 Å². The van der Waals surface area contributed by atoms with Gasteiger partial charge >= 0.3 is 6.09 Å². The average molecular weight is 530 g/mol. The monoisotopic (exact) mass is 527 g/mol. The highest BCUT2D eigenvalue weighted by molar-refractivity contribution is 9.10. The molecule has 0 N–H and O–H groups in total. The summed E-state index contributed by atoms with van der Waals surface area (Å²) in [6.07, 6.45) is 0.559. The molecule has 0 spiro atoms. The lowest BCUT2D eigenvalue weighted by Crippen LogP contribution is -2.47. The number of hydrogen-bond donors (Lipinski definition) is 0. The summed E-state index contributed by atoms with van der Waals surface area (Å²) in [7, 11) is 0. The largest absolute Gasteiger partial charge is 0.444 e. The van der Waals surface area contributed by atoms with Crippen LogP contribution in [-0.2, 0) is 4.74 Å². The molecule has 5 nitrogen and oxygen atoms in total. The summed E-state index contributed by atoms with van der Waals surface area (Å²) in [5.74, 6) is 0. The minimum atomic E-state index is -0.495. The highest BCUT2D eigenvalue weighted by Gasteiger charge is 2.36. The molecule has 0 bridgehead atoms. The molecule has 1 amide bonds. The number of carbonyl (C=O) groups excluding carboxylic acids is 1. The van der Waals surface area contributed by atoms with Crippen LogP contribution in [0.15, 0.2) is 28.7 Å². The topological polar surface area (TPSA) is 55.3 Å². The maximum atomic E-state index is 12.0. The van der Waals surface area contributed by atoms with Crippen molar-refractivity contribution in [1.82, 2.24) is 14.9 Å². The Hall–Kier alpha value is -0.790. The van der Waals surface area contributed by atoms with Gasteiger partial charge in [0.1, 0.15) is 26.2 Å². The molecular weight excluding hydrogens is 512 g/mol. The van der Waals surface area contributed by atoms with E-state index in [4.69, 9.17) is 51.1 Å². The predicted molar refractivity (Wildman–Crippen MR) is 117 cm³/mol. The van der Waals surface area contributed by atoms with Crippen LogP contribution in [0.25, 0.3) is 0 Å². The van der Waals surface area contributed by atoms with Crippen molar-refractivity contribution in [3.05, 3.63) is 54.9 Å². The third-order valence-electron chi connectivity index (χ3n) is 3.55. The van der Waals surface area contributed by atoms with E-state index in [1.165, 1.54) is 0 Å². The molecule has 0 radical (unpaired) electrons. The number of aromatic nitrogens is 2. The Kier molecular flexibility index (Phi) is 8.23. The Labute approximate surface area is 192 Å². The molecule has 0 aliphatic carbocycles. The third-order valence-corrected chi connectivity index (χ3v) is 4.78. The van der Waals surface area contributed by atoms with Crippen LogP contribution in [0, 0.1) is 0 Å². The van der Waals surface area contributed by atoms with E-state index in [0.717, 1.165) is 16.5 Å². The fourth-order valence-electron chi connectivity index (χ4n) is 2.38. The second kappa shape index (κ2) is 9.81. The molecule has 152 valence electrons. The van der Waals surface area contributed by atoms with E-state index >= 15 is 0 Å². The van der Waals surface area contributed by atoms with E-state index < -0.39 is 5.60 Å². The predicted octanol–water partition coefficient (Wildman–Crippen LogP) is 7.22. The Balaban J connectivity index is 0.000000261. The van der Waals surface area contributed by atoms with Crippen molar-refractivity contribution >= 4 is 68.4 Å². The van der Waals surface area contributed by atoms with Crippen LogP contribution in [-0.4, -0.2) is 33.1 Å². The van der Waals surface area contributed by atoms with Gasteiger partial charge in [-0.05, 0) is 57.0 Å². The first kappa shape index (κ1) is 23.5. The molecule has 0 aromatic carbocycles. The number of carbonyl (C=O) groups is 1. The third kappa shape index (κ3) is 7.23. The van der Waals surface area contributed by atoms with Gasteiger partial charge in [-0.3, -0.25) is 0 Å². The second-order valence-corrected chi connectivity index (χ2v) is 9.42. The van der Waals surface area contributed by atoms with E-state index in [1.54, 1.807) is 29.2 Å². The van der Waals surface area contributed by atoms with E-state index in [-0.39, 0.29) is 12.1 Å². The van der Waals surface area contributed by atoms with Crippen molar-refractivity contribution < 1.29 is 9.53 Å². The maximum Gasteiger partial charge on any atom is 0.410 e. The molecule has 0 saturated carbocycles. The van der Waals surface area contributed by atoms with Gasteiger partial charge in [-0.2, -0.15) is 0 Å². The van der Waals surface area contributed by atoms with Gasteiger partial charge in [-0.25, -0.2) is 14.8 Å². The minimum absolute atomic E-state index is 0.0344. The SMILES string of the molecule is CC(C)(C)OC(=O)N1CCC1c1cc(Cl)nc(Cl)c1.Clc1cc(Br)cc(Cl)n1. The fraction of sp³-hybridized carbons (Fsp3) is 0.389. The van der Waals surface area contributed by atoms with E-state index in [2.05, 4.69) is 25.9 Å². The summed E-state index contributed by atoms with van der Waals surface area (Å²) >= 11 is 26.0. The zero-order chi connectivity index (χ0) is 21.1. The van der Waals surface area contributed by atoms with Gasteiger partial charge in [0, 0.05) is 11.0 Å². The summed E-state index contributed by atoms with van der Waals surface area (Å²) in [5.41, 5.74) is 0.396. The molecule has 3 heterocycles. The Morgan fingerprint density at radius 2 is 1.50 bits per heavy atom. The van der Waals surface area contributed by atoms with Gasteiger partial charge in [0.05, 0.1) is 6.04 Å². The molecule has 1 fully saturated rings. The Morgan fingerprint density at radius 3 is 1.86 bits per heavy atom. The number of ether oxygens (including phenoxy) is 1. The highest BCUT2D eigenvalue weighted by Crippen LogP contribution is 2.36. The summed E-state index contributed by atoms with van der Waals surface area (Å²) in [5, 5.41) is 1.46. The van der Waals surface area contributed by atoms with E-state index in [1.807, 2.05) is 20.8 Å². The summed E-state index contributed by atoms with van der Waals surface area (Å²) in [4.78, 5) is 21.3. The number of likely N-dealkylation sites (tertiary alicyclic amines) is 1. The van der Waals surface area contributed by atoms with Crippen LogP contribution in [0.3, 0.4) is 0 Å². The molecule has 1 aliphatic heterocycles. The molecule has 3 rings (SSSR count). The van der Waals surface area contributed by atoms with Crippen molar-refractivity contribution in [3.63, 3.8) is 0 Å². The number of rotatable bonds is 1. The van der Waals surface area contributed by atoms with Gasteiger partial charge < -0.3 is 9.64 Å². The molecule has 1 atom stereocenters. The minimum Gasteiger partial charge on any atom is -0.444 e. The van der Waals surface area contributed by atoms with Crippen LogP contribution in [0.1, 0.15) is 38.8 Å². The van der Waals surface area contributed by atoms with Crippen LogP contribution in [0.4, 0.5) is 4.79 Å². The van der Waals surface area contributed by atoms with Gasteiger partial charge in [0.2, 0.25) is 0 Å². The van der Waals surface area contributed by atoms with Crippen LogP contribution in [0.5, 0.6) is 0 Å². The molecule has 1 saturated heterocycles. The molecule has 2 aromatic rings. The van der Waals surface area contributed by atoms with Gasteiger partial charge in [0.25, 0.3) is 0 Å². The zero-order valence-corrected chi connectivity index (χ0v) is 20.0. The molecule has 1 aliphatic rings. The number of pyridine rings is 2. The fourth-order valence-corrected chi connectivity index (χ4v) is 4.02. The molecule has 10 heteroatoms. The van der Waals surface area contributed by atoms with E-state index in [0.29, 0.717) is 27.2 Å². The van der Waals surface area contributed by atoms with Crippen LogP contribution in [0.2, 0.25) is 20.6 Å². The smallest absolute Gasteiger partial charge is 0.410 e. The summed E-state index contributed by atoms with van der Waals surface area (Å²) in [6.45, 7) is 6.22. The first-order valence-electron chi connectivity index (χ1n) is 8.26. The van der Waals surface area contributed by atoms with Crippen molar-refractivity contribution in [2.45, 2.75) is 38.8 Å². The van der Waals surface area contributed by atoms with Crippen molar-refractivity contribution in [2.24, 2.45) is 0 Å². The number of nitrogens with zero attached hydrogens (tertiary/aromatic N) is 3. The van der Waals surface area contributed by atoms with Gasteiger partial charge in [-0.15, -0.1) is 0 Å². The van der Waals surface area contributed by atoms with Gasteiger partial charge in [-0.1, -0.05) is 62.3 Å². The molecule has 28 heavy (non-hydrogen) atoms. The first-order chi connectivity index (χ1) is 12.9. The number of halogens is 5. The molecular formula is C18H18BrCl4N3O2. The Bertz CT molecular complexity index is 790. The number of hydrogen-bond acceptors (Lipinski definition) is 4. The van der Waals surface area contributed by atoms with E-state index in [9.17, 15) is 4.79 Å². The quantitative estimate of drug-likeness (QED) is 0.366. The molecule has 1 unspecified atom stereocenters. The lowest BCUT2D eigenvalue weighted by molar-refractivity contribution is -0.00575. The van der Waals surface area contributed by atoms with Gasteiger partial charge in [0.15, 0.2) is 0 Å². The molecule has 2 aromatic heterocycles. The lowest BCUT2D eigenvalue weighted by Gasteiger charge is -2.41. The summed E-state index contributed by atoms with van der Waals surface area (Å²) in [6, 6.07) is 6.78. The number of amides is 1. The van der Waals surface area contributed by atoms with Crippen molar-refractivity contribution in [2.75, 3.05) is 6.54 Å². The zero-order valence-electron chi connectivity index (χ0n) is 15.3. The Morgan fingerprint density at radius 1 is 1.04 bits per heavy atom. The highest BCUT2D eigenvalue weighted by atomic mass is 79.9. The maximum absolute atomic E-state index is 12.0. The van der Waals surface area contributed by atoms with Crippen LogP contribution >= 0.6 is 62.3 Å². The normalized spacial score (nSPS) is 16.0. The summed E-state index contributed by atoms with van der Waals surface area (Å²) < 4.78 is 6.20. The standard InChI is InChI=1S/C13H16Cl2N2O2.C5H2BrCl2N/c1-13(2,3)19-12(18)17-5-4-9(17)8-6-10(14)16-11(15)7-8;6-3-1-4(7)9-5(8)2-3/h6-7,9H,4-5H2,1-3H3;1-2H. The lowest BCUT2D eigenvalue weighted by atomic mass is 9.96. The average Bonchev–Trinajstić information content (AvgIpc) is 2.41.